The zero-order chi connectivity index (χ0) is 15.2. The molecule has 0 heterocycles. The Balaban J connectivity index is 2.14. The third-order valence-electron chi connectivity index (χ3n) is 2.96. The molecular weight excluding hydrogens is 270 g/mol. The molecule has 21 heavy (non-hydrogen) atoms. The van der Waals surface area contributed by atoms with Gasteiger partial charge in [0.1, 0.15) is 11.5 Å². The first-order valence-electron chi connectivity index (χ1n) is 6.62. The molecule has 0 saturated carbocycles. The number of phenols is 2. The van der Waals surface area contributed by atoms with Gasteiger partial charge in [-0.3, -0.25) is 0 Å². The summed E-state index contributed by atoms with van der Waals surface area (Å²) in [7, 11) is 0. The molecule has 0 aliphatic heterocycles. The molecule has 5 heteroatoms. The highest BCUT2D eigenvalue weighted by atomic mass is 16.5. The lowest BCUT2D eigenvalue weighted by atomic mass is 10.1. The maximum Gasteiger partial charge on any atom is 0.340 e. The fourth-order valence-electron chi connectivity index (χ4n) is 1.92. The summed E-state index contributed by atoms with van der Waals surface area (Å²) in [6.07, 6.45) is 0. The van der Waals surface area contributed by atoms with Crippen molar-refractivity contribution in [2.45, 2.75) is 13.5 Å². The van der Waals surface area contributed by atoms with Crippen molar-refractivity contribution in [1.29, 1.82) is 0 Å². The first kappa shape index (κ1) is 14.7. The summed E-state index contributed by atoms with van der Waals surface area (Å²) in [5.74, 6) is -0.394. The van der Waals surface area contributed by atoms with E-state index in [9.17, 15) is 15.0 Å². The Bertz CT molecular complexity index is 640. The van der Waals surface area contributed by atoms with E-state index < -0.39 is 5.97 Å². The zero-order valence-corrected chi connectivity index (χ0v) is 11.7. The molecule has 3 N–H and O–H groups in total. The van der Waals surface area contributed by atoms with Crippen LogP contribution in [0.3, 0.4) is 0 Å². The van der Waals surface area contributed by atoms with Gasteiger partial charge in [-0.05, 0) is 31.2 Å². The Labute approximate surface area is 122 Å². The van der Waals surface area contributed by atoms with Crippen molar-refractivity contribution >= 4 is 11.7 Å². The number of benzene rings is 2. The number of para-hydroxylation sites is 1. The number of hydrogen-bond donors (Lipinski definition) is 3. The van der Waals surface area contributed by atoms with Crippen LogP contribution in [0.25, 0.3) is 0 Å². The van der Waals surface area contributed by atoms with E-state index in [1.165, 1.54) is 12.1 Å². The zero-order valence-electron chi connectivity index (χ0n) is 11.7. The molecule has 0 saturated heterocycles. The number of ether oxygens (including phenoxy) is 1. The molecule has 0 aromatic heterocycles. The number of nitrogens with one attached hydrogen (secondary N) is 1. The highest BCUT2D eigenvalue weighted by Gasteiger charge is 2.12. The Hall–Kier alpha value is -2.69. The van der Waals surface area contributed by atoms with E-state index in [0.717, 1.165) is 0 Å². The number of aromatic hydroxyl groups is 2. The number of rotatable bonds is 5. The van der Waals surface area contributed by atoms with Gasteiger partial charge in [-0.1, -0.05) is 12.1 Å². The summed E-state index contributed by atoms with van der Waals surface area (Å²) in [5, 5.41) is 22.1. The Morgan fingerprint density at radius 1 is 1.19 bits per heavy atom. The summed E-state index contributed by atoms with van der Waals surface area (Å²) < 4.78 is 5.00. The van der Waals surface area contributed by atoms with E-state index >= 15 is 0 Å². The van der Waals surface area contributed by atoms with E-state index in [0.29, 0.717) is 30.0 Å². The van der Waals surface area contributed by atoms with Crippen molar-refractivity contribution < 1.29 is 19.7 Å². The van der Waals surface area contributed by atoms with Gasteiger partial charge in [0, 0.05) is 23.9 Å². The Kier molecular flexibility index (Phi) is 4.66. The molecule has 0 amide bonds. The molecular formula is C16H17NO4. The first-order chi connectivity index (χ1) is 10.1. The summed E-state index contributed by atoms with van der Waals surface area (Å²) >= 11 is 0. The van der Waals surface area contributed by atoms with Crippen molar-refractivity contribution in [1.82, 2.24) is 0 Å². The average Bonchev–Trinajstić information content (AvgIpc) is 2.47. The second-order valence-electron chi connectivity index (χ2n) is 4.43. The van der Waals surface area contributed by atoms with Crippen LogP contribution in [-0.2, 0) is 11.3 Å². The highest BCUT2D eigenvalue weighted by Crippen LogP contribution is 2.24. The summed E-state index contributed by atoms with van der Waals surface area (Å²) in [6.45, 7) is 2.39. The van der Waals surface area contributed by atoms with Crippen LogP contribution in [0.5, 0.6) is 11.5 Å². The predicted molar refractivity (Wildman–Crippen MR) is 79.5 cm³/mol. The lowest BCUT2D eigenvalue weighted by molar-refractivity contribution is 0.0527. The highest BCUT2D eigenvalue weighted by molar-refractivity contribution is 5.95. The van der Waals surface area contributed by atoms with E-state index in [-0.39, 0.29) is 11.5 Å². The van der Waals surface area contributed by atoms with E-state index in [1.807, 2.05) is 6.07 Å². The molecule has 0 aliphatic rings. The standard InChI is InChI=1S/C16H17NO4/c1-2-21-16(20)13-5-3-4-6-14(13)17-10-11-7-8-12(18)9-15(11)19/h3-9,17-19H,2,10H2,1H3. The SMILES string of the molecule is CCOC(=O)c1ccccc1NCc1ccc(O)cc1O. The van der Waals surface area contributed by atoms with Crippen molar-refractivity contribution in [3.8, 4) is 11.5 Å². The minimum atomic E-state index is -0.393. The molecule has 5 nitrogen and oxygen atoms in total. The summed E-state index contributed by atoms with van der Waals surface area (Å²) in [5.41, 5.74) is 1.69. The first-order valence-corrected chi connectivity index (χ1v) is 6.62. The predicted octanol–water partition coefficient (Wildman–Crippen LogP) is 2.89. The maximum absolute atomic E-state index is 11.8. The van der Waals surface area contributed by atoms with E-state index in [1.54, 1.807) is 31.2 Å². The van der Waals surface area contributed by atoms with Crippen LogP contribution in [0.15, 0.2) is 42.5 Å². The second kappa shape index (κ2) is 6.65. The third-order valence-corrected chi connectivity index (χ3v) is 2.96. The van der Waals surface area contributed by atoms with Crippen LogP contribution in [0, 0.1) is 0 Å². The molecule has 2 rings (SSSR count). The largest absolute Gasteiger partial charge is 0.508 e. The molecule has 2 aromatic carbocycles. The summed E-state index contributed by atoms with van der Waals surface area (Å²) in [6, 6.07) is 11.4. The minimum absolute atomic E-state index is 0.00294. The van der Waals surface area contributed by atoms with Gasteiger partial charge < -0.3 is 20.3 Å². The molecule has 0 fully saturated rings. The maximum atomic E-state index is 11.8. The normalized spacial score (nSPS) is 10.1. The van der Waals surface area contributed by atoms with Crippen molar-refractivity contribution in [3.63, 3.8) is 0 Å². The van der Waals surface area contributed by atoms with Crippen molar-refractivity contribution in [2.75, 3.05) is 11.9 Å². The van der Waals surface area contributed by atoms with Crippen LogP contribution in [0.4, 0.5) is 5.69 Å². The Morgan fingerprint density at radius 2 is 1.95 bits per heavy atom. The number of esters is 1. The van der Waals surface area contributed by atoms with Crippen LogP contribution >= 0.6 is 0 Å². The molecule has 0 aliphatic carbocycles. The molecule has 0 bridgehead atoms. The lowest BCUT2D eigenvalue weighted by Crippen LogP contribution is -2.09. The van der Waals surface area contributed by atoms with Gasteiger partial charge in [0.15, 0.2) is 0 Å². The lowest BCUT2D eigenvalue weighted by Gasteiger charge is -2.12. The second-order valence-corrected chi connectivity index (χ2v) is 4.43. The van der Waals surface area contributed by atoms with Gasteiger partial charge in [0.05, 0.1) is 12.2 Å². The molecule has 0 unspecified atom stereocenters. The number of hydrogen-bond acceptors (Lipinski definition) is 5. The number of anilines is 1. The van der Waals surface area contributed by atoms with E-state index in [4.69, 9.17) is 4.74 Å². The third kappa shape index (κ3) is 3.66. The summed E-state index contributed by atoms with van der Waals surface area (Å²) in [4.78, 5) is 11.8. The molecule has 0 radical (unpaired) electrons. The van der Waals surface area contributed by atoms with Gasteiger partial charge in [0.2, 0.25) is 0 Å². The number of carbonyl (C=O) groups is 1. The van der Waals surface area contributed by atoms with Crippen LogP contribution in [0.2, 0.25) is 0 Å². The van der Waals surface area contributed by atoms with Crippen LogP contribution < -0.4 is 5.32 Å². The smallest absolute Gasteiger partial charge is 0.340 e. The quantitative estimate of drug-likeness (QED) is 0.737. The van der Waals surface area contributed by atoms with E-state index in [2.05, 4.69) is 5.32 Å². The monoisotopic (exact) mass is 287 g/mol. The van der Waals surface area contributed by atoms with Crippen LogP contribution in [-0.4, -0.2) is 22.8 Å². The van der Waals surface area contributed by atoms with Crippen LogP contribution in [0.1, 0.15) is 22.8 Å². The van der Waals surface area contributed by atoms with Gasteiger partial charge in [-0.2, -0.15) is 0 Å². The Morgan fingerprint density at radius 3 is 2.67 bits per heavy atom. The molecule has 0 spiro atoms. The minimum Gasteiger partial charge on any atom is -0.508 e. The topological polar surface area (TPSA) is 78.8 Å². The molecule has 110 valence electrons. The fourth-order valence-corrected chi connectivity index (χ4v) is 1.92. The number of phenolic OH excluding ortho intramolecular Hbond substituents is 2. The van der Waals surface area contributed by atoms with Crippen molar-refractivity contribution in [3.05, 3.63) is 53.6 Å². The van der Waals surface area contributed by atoms with Gasteiger partial charge in [-0.15, -0.1) is 0 Å². The fraction of sp³-hybridized carbons (Fsp3) is 0.188. The molecule has 2 aromatic rings. The number of carbonyl (C=O) groups excluding carboxylic acids is 1. The van der Waals surface area contributed by atoms with Gasteiger partial charge in [-0.25, -0.2) is 4.79 Å². The van der Waals surface area contributed by atoms with Gasteiger partial charge >= 0.3 is 5.97 Å². The molecule has 0 atom stereocenters. The van der Waals surface area contributed by atoms with Crippen molar-refractivity contribution in [2.24, 2.45) is 0 Å². The van der Waals surface area contributed by atoms with Gasteiger partial charge in [0.25, 0.3) is 0 Å². The average molecular weight is 287 g/mol.